The monoisotopic (exact) mass is 214 g/mol. The minimum absolute atomic E-state index is 0.255. The largest absolute Gasteiger partial charge is 0.481 e. The maximum Gasteiger partial charge on any atom is 0.314 e. The van der Waals surface area contributed by atoms with Gasteiger partial charge in [-0.15, -0.1) is 0 Å². The Hall–Kier alpha value is -1.26. The molecular weight excluding hydrogens is 196 g/mol. The molecule has 15 heavy (non-hydrogen) atoms. The molecule has 1 aliphatic heterocycles. The minimum atomic E-state index is -0.810. The standard InChI is InChI=1S/C10H18N2O3/c1-2-4-10(8(13)14)5-3-6-12(7-10)9(11)15/h2-7H2,1H3,(H2,11,15)(H,13,14). The van der Waals surface area contributed by atoms with Crippen LogP contribution in [0, 0.1) is 5.41 Å². The third-order valence-electron chi connectivity index (χ3n) is 3.07. The van der Waals surface area contributed by atoms with Crippen molar-refractivity contribution in [3.05, 3.63) is 0 Å². The van der Waals surface area contributed by atoms with Gasteiger partial charge < -0.3 is 15.7 Å². The molecule has 1 heterocycles. The van der Waals surface area contributed by atoms with Crippen LogP contribution in [0.5, 0.6) is 0 Å². The second-order valence-corrected chi connectivity index (χ2v) is 4.20. The predicted molar refractivity (Wildman–Crippen MR) is 55.4 cm³/mol. The summed E-state index contributed by atoms with van der Waals surface area (Å²) in [6, 6.07) is -0.517. The lowest BCUT2D eigenvalue weighted by Crippen LogP contribution is -2.51. The zero-order chi connectivity index (χ0) is 11.5. The van der Waals surface area contributed by atoms with Gasteiger partial charge in [-0.25, -0.2) is 4.79 Å². The number of nitrogens with two attached hydrogens (primary N) is 1. The van der Waals surface area contributed by atoms with E-state index in [4.69, 9.17) is 5.73 Å². The third-order valence-corrected chi connectivity index (χ3v) is 3.07. The molecule has 0 aromatic rings. The van der Waals surface area contributed by atoms with Crippen molar-refractivity contribution in [3.8, 4) is 0 Å². The fraction of sp³-hybridized carbons (Fsp3) is 0.800. The Morgan fingerprint density at radius 2 is 2.20 bits per heavy atom. The number of nitrogens with zero attached hydrogens (tertiary/aromatic N) is 1. The quantitative estimate of drug-likeness (QED) is 0.736. The van der Waals surface area contributed by atoms with Gasteiger partial charge in [0.15, 0.2) is 0 Å². The first kappa shape index (κ1) is 11.8. The molecule has 1 unspecified atom stereocenters. The van der Waals surface area contributed by atoms with Crippen molar-refractivity contribution in [2.24, 2.45) is 11.1 Å². The number of carboxylic acid groups (broad SMARTS) is 1. The van der Waals surface area contributed by atoms with E-state index in [1.165, 1.54) is 4.90 Å². The number of likely N-dealkylation sites (tertiary alicyclic amines) is 1. The first-order chi connectivity index (χ1) is 7.02. The molecular formula is C10H18N2O3. The van der Waals surface area contributed by atoms with E-state index < -0.39 is 17.4 Å². The van der Waals surface area contributed by atoms with Crippen molar-refractivity contribution in [1.82, 2.24) is 4.90 Å². The van der Waals surface area contributed by atoms with Crippen molar-refractivity contribution in [2.75, 3.05) is 13.1 Å². The fourth-order valence-electron chi connectivity index (χ4n) is 2.28. The van der Waals surface area contributed by atoms with Gasteiger partial charge >= 0.3 is 12.0 Å². The van der Waals surface area contributed by atoms with Crippen molar-refractivity contribution in [3.63, 3.8) is 0 Å². The number of piperidine rings is 1. The normalized spacial score (nSPS) is 26.3. The maximum atomic E-state index is 11.3. The average Bonchev–Trinajstić information content (AvgIpc) is 2.18. The predicted octanol–water partition coefficient (Wildman–Crippen LogP) is 1.03. The van der Waals surface area contributed by atoms with Crippen LogP contribution in [0.15, 0.2) is 0 Å². The zero-order valence-electron chi connectivity index (χ0n) is 9.03. The van der Waals surface area contributed by atoms with Crippen LogP contribution in [0.25, 0.3) is 0 Å². The Morgan fingerprint density at radius 1 is 1.53 bits per heavy atom. The lowest BCUT2D eigenvalue weighted by molar-refractivity contribution is -0.152. The highest BCUT2D eigenvalue weighted by Gasteiger charge is 2.42. The number of urea groups is 1. The highest BCUT2D eigenvalue weighted by molar-refractivity contribution is 5.78. The molecule has 0 saturated carbocycles. The number of hydrogen-bond donors (Lipinski definition) is 2. The molecule has 2 amide bonds. The number of carbonyl (C=O) groups excluding carboxylic acids is 1. The molecule has 3 N–H and O–H groups in total. The first-order valence-corrected chi connectivity index (χ1v) is 5.29. The summed E-state index contributed by atoms with van der Waals surface area (Å²) < 4.78 is 0. The highest BCUT2D eigenvalue weighted by atomic mass is 16.4. The summed E-state index contributed by atoms with van der Waals surface area (Å²) in [6.07, 6.45) is 2.76. The number of aliphatic carboxylic acids is 1. The van der Waals surface area contributed by atoms with E-state index >= 15 is 0 Å². The molecule has 1 rings (SSSR count). The van der Waals surface area contributed by atoms with Crippen LogP contribution < -0.4 is 5.73 Å². The minimum Gasteiger partial charge on any atom is -0.481 e. The molecule has 1 fully saturated rings. The Kier molecular flexibility index (Phi) is 3.55. The Balaban J connectivity index is 2.79. The Morgan fingerprint density at radius 3 is 2.67 bits per heavy atom. The van der Waals surface area contributed by atoms with E-state index in [2.05, 4.69) is 0 Å². The molecule has 86 valence electrons. The number of hydrogen-bond acceptors (Lipinski definition) is 2. The molecule has 1 aliphatic rings. The van der Waals surface area contributed by atoms with Crippen LogP contribution in [-0.2, 0) is 4.79 Å². The summed E-state index contributed by atoms with van der Waals surface area (Å²) in [5.74, 6) is -0.810. The van der Waals surface area contributed by atoms with Crippen LogP contribution in [0.2, 0.25) is 0 Å². The number of carbonyl (C=O) groups is 2. The molecule has 5 nitrogen and oxygen atoms in total. The van der Waals surface area contributed by atoms with Crippen LogP contribution in [0.3, 0.4) is 0 Å². The van der Waals surface area contributed by atoms with Gasteiger partial charge in [0, 0.05) is 13.1 Å². The summed E-state index contributed by atoms with van der Waals surface area (Å²) in [5, 5.41) is 9.24. The second kappa shape index (κ2) is 4.51. The Labute approximate surface area is 89.2 Å². The van der Waals surface area contributed by atoms with Crippen molar-refractivity contribution >= 4 is 12.0 Å². The van der Waals surface area contributed by atoms with Gasteiger partial charge in [-0.1, -0.05) is 13.3 Å². The molecule has 0 aromatic heterocycles. The lowest BCUT2D eigenvalue weighted by Gasteiger charge is -2.39. The molecule has 0 radical (unpaired) electrons. The van der Waals surface area contributed by atoms with E-state index in [9.17, 15) is 14.7 Å². The van der Waals surface area contributed by atoms with Gasteiger partial charge in [-0.3, -0.25) is 4.79 Å². The van der Waals surface area contributed by atoms with Crippen LogP contribution >= 0.6 is 0 Å². The molecule has 1 atom stereocenters. The molecule has 0 aliphatic carbocycles. The molecule has 0 spiro atoms. The second-order valence-electron chi connectivity index (χ2n) is 4.20. The molecule has 0 bridgehead atoms. The lowest BCUT2D eigenvalue weighted by atomic mass is 9.76. The number of amides is 2. The zero-order valence-corrected chi connectivity index (χ0v) is 9.03. The van der Waals surface area contributed by atoms with E-state index in [1.807, 2.05) is 6.92 Å². The topological polar surface area (TPSA) is 83.6 Å². The molecule has 5 heteroatoms. The summed E-state index contributed by atoms with van der Waals surface area (Å²) in [6.45, 7) is 2.79. The van der Waals surface area contributed by atoms with Gasteiger partial charge in [0.2, 0.25) is 0 Å². The SMILES string of the molecule is CCCC1(C(=O)O)CCCN(C(N)=O)C1. The third kappa shape index (κ3) is 2.40. The van der Waals surface area contributed by atoms with Crippen LogP contribution in [-0.4, -0.2) is 35.1 Å². The first-order valence-electron chi connectivity index (χ1n) is 5.29. The van der Waals surface area contributed by atoms with E-state index in [0.717, 1.165) is 12.8 Å². The molecule has 1 saturated heterocycles. The van der Waals surface area contributed by atoms with Crippen molar-refractivity contribution in [2.45, 2.75) is 32.6 Å². The summed E-state index contributed by atoms with van der Waals surface area (Å²) in [4.78, 5) is 23.7. The van der Waals surface area contributed by atoms with Gasteiger partial charge in [0.1, 0.15) is 0 Å². The van der Waals surface area contributed by atoms with E-state index in [1.54, 1.807) is 0 Å². The number of carboxylic acids is 1. The Bertz CT molecular complexity index is 263. The van der Waals surface area contributed by atoms with Gasteiger partial charge in [-0.2, -0.15) is 0 Å². The van der Waals surface area contributed by atoms with Crippen LogP contribution in [0.1, 0.15) is 32.6 Å². The van der Waals surface area contributed by atoms with E-state index in [0.29, 0.717) is 19.4 Å². The summed E-state index contributed by atoms with van der Waals surface area (Å²) >= 11 is 0. The van der Waals surface area contributed by atoms with Gasteiger partial charge in [0.25, 0.3) is 0 Å². The summed E-state index contributed by atoms with van der Waals surface area (Å²) in [5.41, 5.74) is 4.40. The smallest absolute Gasteiger partial charge is 0.314 e. The maximum absolute atomic E-state index is 11.3. The average molecular weight is 214 g/mol. The van der Waals surface area contributed by atoms with Gasteiger partial charge in [-0.05, 0) is 19.3 Å². The molecule has 0 aromatic carbocycles. The number of primary amides is 1. The van der Waals surface area contributed by atoms with Crippen molar-refractivity contribution in [1.29, 1.82) is 0 Å². The summed E-state index contributed by atoms with van der Waals surface area (Å²) in [7, 11) is 0. The van der Waals surface area contributed by atoms with Crippen molar-refractivity contribution < 1.29 is 14.7 Å². The van der Waals surface area contributed by atoms with E-state index in [-0.39, 0.29) is 6.54 Å². The van der Waals surface area contributed by atoms with Crippen LogP contribution in [0.4, 0.5) is 4.79 Å². The van der Waals surface area contributed by atoms with Gasteiger partial charge in [0.05, 0.1) is 5.41 Å². The fourth-order valence-corrected chi connectivity index (χ4v) is 2.28. The highest BCUT2D eigenvalue weighted by Crippen LogP contribution is 2.34. The number of rotatable bonds is 3.